The van der Waals surface area contributed by atoms with Crippen molar-refractivity contribution in [1.82, 2.24) is 0 Å². The third kappa shape index (κ3) is 31.7. The van der Waals surface area contributed by atoms with Crippen molar-refractivity contribution in [3.8, 4) is 0 Å². The fourth-order valence-electron chi connectivity index (χ4n) is 0.0833. The minimum absolute atomic E-state index is 0.394. The monoisotopic (exact) mass is 242 g/mol. The lowest BCUT2D eigenvalue weighted by molar-refractivity contribution is -0.134. The van der Waals surface area contributed by atoms with E-state index < -0.39 is 17.8 Å². The van der Waals surface area contributed by atoms with Crippen LogP contribution in [-0.2, 0) is 19.1 Å². The molecular formula is C11H18N2O4. The van der Waals surface area contributed by atoms with Crippen LogP contribution in [0.1, 0.15) is 6.92 Å². The van der Waals surface area contributed by atoms with Gasteiger partial charge in [0.25, 0.3) is 0 Å². The first kappa shape index (κ1) is 20.1. The van der Waals surface area contributed by atoms with E-state index >= 15 is 0 Å². The summed E-state index contributed by atoms with van der Waals surface area (Å²) >= 11 is 0. The Hall–Kier alpha value is -2.37. The molecule has 0 unspecified atom stereocenters. The van der Waals surface area contributed by atoms with Crippen LogP contribution in [0.4, 0.5) is 0 Å². The third-order valence-corrected chi connectivity index (χ3v) is 0.990. The molecule has 0 aromatic carbocycles. The van der Waals surface area contributed by atoms with E-state index in [1.54, 1.807) is 6.92 Å². The molecule has 0 aliphatic carbocycles. The molecule has 6 nitrogen and oxygen atoms in total. The fraction of sp³-hybridized carbons (Fsp3) is 0.182. The molecule has 0 radical (unpaired) electrons. The zero-order valence-corrected chi connectivity index (χ0v) is 10.1. The van der Waals surface area contributed by atoms with Crippen LogP contribution in [0, 0.1) is 0 Å². The first-order valence-electron chi connectivity index (χ1n) is 4.30. The summed E-state index contributed by atoms with van der Waals surface area (Å²) in [6.07, 6.45) is 2.17. The second-order valence-corrected chi connectivity index (χ2v) is 2.48. The number of hydrogen-bond donors (Lipinski definition) is 2. The van der Waals surface area contributed by atoms with Gasteiger partial charge in [-0.3, -0.25) is 9.59 Å². The number of rotatable bonds is 3. The number of carbonyl (C=O) groups is 3. The number of hydrogen-bond acceptors (Lipinski definition) is 4. The van der Waals surface area contributed by atoms with E-state index in [0.717, 1.165) is 12.2 Å². The lowest BCUT2D eigenvalue weighted by atomic mass is 10.3. The first-order valence-corrected chi connectivity index (χ1v) is 4.30. The van der Waals surface area contributed by atoms with Crippen molar-refractivity contribution in [3.63, 3.8) is 0 Å². The molecule has 0 aliphatic heterocycles. The van der Waals surface area contributed by atoms with Crippen molar-refractivity contribution in [2.45, 2.75) is 6.92 Å². The predicted octanol–water partition coefficient (Wildman–Crippen LogP) is 0.0509. The fourth-order valence-corrected chi connectivity index (χ4v) is 0.0833. The van der Waals surface area contributed by atoms with Crippen LogP contribution in [0.25, 0.3) is 0 Å². The number of nitrogens with two attached hydrogens (primary N) is 2. The Balaban J connectivity index is -0.000000174. The van der Waals surface area contributed by atoms with E-state index in [1.165, 1.54) is 7.11 Å². The molecular weight excluding hydrogens is 224 g/mol. The normalized spacial score (nSPS) is 6.94. The summed E-state index contributed by atoms with van der Waals surface area (Å²) < 4.78 is 4.14. The van der Waals surface area contributed by atoms with Crippen LogP contribution < -0.4 is 11.5 Å². The quantitative estimate of drug-likeness (QED) is 0.537. The maximum absolute atomic E-state index is 9.84. The maximum atomic E-state index is 9.84. The summed E-state index contributed by atoms with van der Waals surface area (Å²) in [4.78, 5) is 29.1. The molecule has 0 aromatic heterocycles. The van der Waals surface area contributed by atoms with E-state index in [9.17, 15) is 14.4 Å². The Morgan fingerprint density at radius 2 is 1.41 bits per heavy atom. The van der Waals surface area contributed by atoms with E-state index in [-0.39, 0.29) is 0 Å². The highest BCUT2D eigenvalue weighted by molar-refractivity contribution is 5.90. The lowest BCUT2D eigenvalue weighted by Gasteiger charge is -1.83. The zero-order valence-electron chi connectivity index (χ0n) is 10.1. The van der Waals surface area contributed by atoms with E-state index in [1.807, 2.05) is 0 Å². The molecule has 6 heteroatoms. The van der Waals surface area contributed by atoms with Crippen LogP contribution in [0.3, 0.4) is 0 Å². The number of amides is 2. The minimum Gasteiger partial charge on any atom is -0.466 e. The molecule has 0 aliphatic rings. The van der Waals surface area contributed by atoms with Crippen LogP contribution in [0.2, 0.25) is 0 Å². The van der Waals surface area contributed by atoms with Crippen molar-refractivity contribution < 1.29 is 19.1 Å². The summed E-state index contributed by atoms with van der Waals surface area (Å²) in [7, 11) is 1.31. The average molecular weight is 242 g/mol. The van der Waals surface area contributed by atoms with Crippen LogP contribution in [0.5, 0.6) is 0 Å². The topological polar surface area (TPSA) is 112 Å². The van der Waals surface area contributed by atoms with Crippen molar-refractivity contribution in [1.29, 1.82) is 0 Å². The second kappa shape index (κ2) is 13.6. The van der Waals surface area contributed by atoms with Gasteiger partial charge in [-0.15, -0.1) is 0 Å². The SMILES string of the molecule is C=C(C)C(N)=O.C=CC(=O)OC.C=CC(N)=O. The van der Waals surface area contributed by atoms with Crippen LogP contribution >= 0.6 is 0 Å². The number of esters is 1. The van der Waals surface area contributed by atoms with Crippen molar-refractivity contribution in [2.24, 2.45) is 11.5 Å². The van der Waals surface area contributed by atoms with E-state index in [2.05, 4.69) is 30.2 Å². The second-order valence-electron chi connectivity index (χ2n) is 2.48. The van der Waals surface area contributed by atoms with Gasteiger partial charge in [0.05, 0.1) is 7.11 Å². The number of ether oxygens (including phenoxy) is 1. The number of primary amides is 2. The van der Waals surface area contributed by atoms with Gasteiger partial charge in [0.1, 0.15) is 0 Å². The molecule has 96 valence electrons. The van der Waals surface area contributed by atoms with Gasteiger partial charge >= 0.3 is 5.97 Å². The van der Waals surface area contributed by atoms with Gasteiger partial charge in [0, 0.05) is 11.6 Å². The first-order chi connectivity index (χ1) is 7.72. The van der Waals surface area contributed by atoms with Crippen LogP contribution in [-0.4, -0.2) is 24.9 Å². The third-order valence-electron chi connectivity index (χ3n) is 0.990. The van der Waals surface area contributed by atoms with Gasteiger partial charge in [-0.1, -0.05) is 19.7 Å². The molecule has 2 amide bonds. The molecule has 0 rings (SSSR count). The molecule has 0 saturated carbocycles. The summed E-state index contributed by atoms with van der Waals surface area (Å²) in [6, 6.07) is 0. The van der Waals surface area contributed by atoms with E-state index in [0.29, 0.717) is 5.57 Å². The summed E-state index contributed by atoms with van der Waals surface area (Å²) in [5.41, 5.74) is 9.63. The number of carbonyl (C=O) groups excluding carboxylic acids is 3. The number of methoxy groups -OCH3 is 1. The highest BCUT2D eigenvalue weighted by atomic mass is 16.5. The zero-order chi connectivity index (χ0) is 14.4. The Bertz CT molecular complexity index is 294. The molecule has 0 heterocycles. The largest absolute Gasteiger partial charge is 0.466 e. The van der Waals surface area contributed by atoms with Crippen molar-refractivity contribution in [2.75, 3.05) is 7.11 Å². The van der Waals surface area contributed by atoms with Crippen molar-refractivity contribution >= 4 is 17.8 Å². The molecule has 0 atom stereocenters. The Labute approximate surface area is 101 Å². The lowest BCUT2D eigenvalue weighted by Crippen LogP contribution is -2.10. The Morgan fingerprint density at radius 1 is 1.12 bits per heavy atom. The predicted molar refractivity (Wildman–Crippen MR) is 65.6 cm³/mol. The van der Waals surface area contributed by atoms with Crippen LogP contribution in [0.15, 0.2) is 37.5 Å². The summed E-state index contributed by atoms with van der Waals surface area (Å²) in [6.45, 7) is 11.1. The average Bonchev–Trinajstić information content (AvgIpc) is 2.29. The summed E-state index contributed by atoms with van der Waals surface area (Å²) in [5, 5.41) is 0. The Morgan fingerprint density at radius 3 is 1.41 bits per heavy atom. The minimum atomic E-state index is -0.481. The standard InChI is InChI=1S/C4H7NO.C4H6O2.C3H5NO/c1-3(2)4(5)6;1-3-4(5)6-2;1-2-3(4)5/h1H2,2H3,(H2,5,6);3H,1H2,2H3;2H,1H2,(H2,4,5). The van der Waals surface area contributed by atoms with Gasteiger partial charge in [-0.05, 0) is 13.0 Å². The van der Waals surface area contributed by atoms with Gasteiger partial charge in [-0.25, -0.2) is 4.79 Å². The van der Waals surface area contributed by atoms with Gasteiger partial charge in [-0.2, -0.15) is 0 Å². The maximum Gasteiger partial charge on any atom is 0.329 e. The summed E-state index contributed by atoms with van der Waals surface area (Å²) in [5.74, 6) is -1.31. The molecule has 0 fully saturated rings. The van der Waals surface area contributed by atoms with Gasteiger partial charge in [0.2, 0.25) is 11.8 Å². The van der Waals surface area contributed by atoms with E-state index in [4.69, 9.17) is 5.73 Å². The smallest absolute Gasteiger partial charge is 0.329 e. The van der Waals surface area contributed by atoms with Gasteiger partial charge in [0.15, 0.2) is 0 Å². The molecule has 4 N–H and O–H groups in total. The molecule has 0 saturated heterocycles. The van der Waals surface area contributed by atoms with Crippen molar-refractivity contribution in [3.05, 3.63) is 37.5 Å². The highest BCUT2D eigenvalue weighted by Gasteiger charge is 1.86. The molecule has 0 aromatic rings. The molecule has 0 spiro atoms. The molecule has 17 heavy (non-hydrogen) atoms. The van der Waals surface area contributed by atoms with Gasteiger partial charge < -0.3 is 16.2 Å². The molecule has 0 bridgehead atoms. The Kier molecular flexibility index (Phi) is 16.1. The highest BCUT2D eigenvalue weighted by Crippen LogP contribution is 1.78.